The summed E-state index contributed by atoms with van der Waals surface area (Å²) >= 11 is 0. The molecule has 1 fully saturated rings. The summed E-state index contributed by atoms with van der Waals surface area (Å²) in [7, 11) is 1.87. The first-order valence-corrected chi connectivity index (χ1v) is 10.2. The fourth-order valence-electron chi connectivity index (χ4n) is 3.12. The average Bonchev–Trinajstić information content (AvgIpc) is 3.08. The van der Waals surface area contributed by atoms with Gasteiger partial charge in [-0.2, -0.15) is 13.2 Å². The number of nitrogens with zero attached hydrogens (tertiary/aromatic N) is 5. The molecule has 11 heteroatoms. The van der Waals surface area contributed by atoms with Crippen molar-refractivity contribution in [1.29, 1.82) is 0 Å². The minimum absolute atomic E-state index is 0.120. The third-order valence-corrected chi connectivity index (χ3v) is 5.09. The summed E-state index contributed by atoms with van der Waals surface area (Å²) in [5, 5.41) is 14.6. The summed E-state index contributed by atoms with van der Waals surface area (Å²) in [6.45, 7) is 7.04. The lowest BCUT2D eigenvalue weighted by atomic mass is 10.1. The number of alkyl halides is 3. The second-order valence-corrected chi connectivity index (χ2v) is 7.32. The molecule has 3 rings (SSSR count). The number of aliphatic imine (C=N–C) groups is 1. The van der Waals surface area contributed by atoms with Gasteiger partial charge in [-0.25, -0.2) is 4.99 Å². The number of rotatable bonds is 7. The van der Waals surface area contributed by atoms with E-state index in [2.05, 4.69) is 30.7 Å². The molecule has 8 nitrogen and oxygen atoms in total. The van der Waals surface area contributed by atoms with Crippen LogP contribution in [0.5, 0.6) is 0 Å². The summed E-state index contributed by atoms with van der Waals surface area (Å²) in [6, 6.07) is 5.22. The number of hydrogen-bond donors (Lipinski definition) is 2. The zero-order valence-electron chi connectivity index (χ0n) is 17.7. The molecule has 1 aromatic carbocycles. The van der Waals surface area contributed by atoms with Crippen molar-refractivity contribution in [3.8, 4) is 0 Å². The van der Waals surface area contributed by atoms with Crippen LogP contribution in [0.3, 0.4) is 0 Å². The predicted octanol–water partition coefficient (Wildman–Crippen LogP) is 1.71. The zero-order chi connectivity index (χ0) is 22.3. The Balaban J connectivity index is 1.64. The van der Waals surface area contributed by atoms with Crippen molar-refractivity contribution in [3.05, 3.63) is 47.0 Å². The second-order valence-electron chi connectivity index (χ2n) is 7.32. The van der Waals surface area contributed by atoms with E-state index in [0.717, 1.165) is 56.6 Å². The number of hydrogen-bond acceptors (Lipinski definition) is 5. The Hall–Kier alpha value is -2.66. The quantitative estimate of drug-likeness (QED) is 0.505. The SMILES string of the molecule is Cc1nnc(CNC(=NCc2cccc(C(F)(F)F)c2)NCCN2CCOCC2)n1C. The molecular weight excluding hydrogens is 411 g/mol. The Morgan fingerprint density at radius 3 is 2.65 bits per heavy atom. The second kappa shape index (κ2) is 10.6. The van der Waals surface area contributed by atoms with Crippen molar-refractivity contribution < 1.29 is 17.9 Å². The Morgan fingerprint density at radius 2 is 1.97 bits per heavy atom. The molecule has 2 N–H and O–H groups in total. The topological polar surface area (TPSA) is 79.6 Å². The number of ether oxygens (including phenoxy) is 1. The molecule has 0 radical (unpaired) electrons. The third kappa shape index (κ3) is 6.93. The molecule has 0 unspecified atom stereocenters. The van der Waals surface area contributed by atoms with Gasteiger partial charge >= 0.3 is 6.18 Å². The molecule has 1 aliphatic heterocycles. The molecule has 1 saturated heterocycles. The van der Waals surface area contributed by atoms with E-state index in [1.54, 1.807) is 6.07 Å². The molecule has 0 spiro atoms. The van der Waals surface area contributed by atoms with Crippen LogP contribution in [0.4, 0.5) is 13.2 Å². The molecule has 2 aromatic rings. The van der Waals surface area contributed by atoms with E-state index in [4.69, 9.17) is 4.74 Å². The highest BCUT2D eigenvalue weighted by atomic mass is 19.4. The van der Waals surface area contributed by atoms with Gasteiger partial charge in [0.1, 0.15) is 5.82 Å². The highest BCUT2D eigenvalue weighted by molar-refractivity contribution is 5.79. The number of benzene rings is 1. The summed E-state index contributed by atoms with van der Waals surface area (Å²) < 4.78 is 46.1. The van der Waals surface area contributed by atoms with Crippen LogP contribution in [-0.4, -0.2) is 65.0 Å². The molecule has 31 heavy (non-hydrogen) atoms. The van der Waals surface area contributed by atoms with Crippen LogP contribution < -0.4 is 10.6 Å². The molecule has 0 amide bonds. The molecule has 0 saturated carbocycles. The van der Waals surface area contributed by atoms with E-state index in [0.29, 0.717) is 24.6 Å². The van der Waals surface area contributed by atoms with Gasteiger partial charge < -0.3 is 19.9 Å². The largest absolute Gasteiger partial charge is 0.416 e. The van der Waals surface area contributed by atoms with Gasteiger partial charge in [0.2, 0.25) is 0 Å². The van der Waals surface area contributed by atoms with Crippen molar-refractivity contribution in [3.63, 3.8) is 0 Å². The molecule has 1 aliphatic rings. The van der Waals surface area contributed by atoms with Crippen LogP contribution in [0.2, 0.25) is 0 Å². The van der Waals surface area contributed by atoms with E-state index < -0.39 is 11.7 Å². The highest BCUT2D eigenvalue weighted by Gasteiger charge is 2.30. The van der Waals surface area contributed by atoms with Gasteiger partial charge in [-0.05, 0) is 24.6 Å². The summed E-state index contributed by atoms with van der Waals surface area (Å²) in [4.78, 5) is 6.76. The Labute approximate surface area is 179 Å². The van der Waals surface area contributed by atoms with Gasteiger partial charge in [-0.1, -0.05) is 12.1 Å². The van der Waals surface area contributed by atoms with Crippen molar-refractivity contribution in [2.45, 2.75) is 26.2 Å². The van der Waals surface area contributed by atoms with Crippen LogP contribution in [0.15, 0.2) is 29.3 Å². The molecule has 1 aromatic heterocycles. The molecule has 0 aliphatic carbocycles. The smallest absolute Gasteiger partial charge is 0.379 e. The zero-order valence-corrected chi connectivity index (χ0v) is 17.7. The fraction of sp³-hybridized carbons (Fsp3) is 0.550. The van der Waals surface area contributed by atoms with Crippen molar-refractivity contribution >= 4 is 5.96 Å². The maximum absolute atomic E-state index is 13.0. The first-order valence-electron chi connectivity index (χ1n) is 10.2. The van der Waals surface area contributed by atoms with E-state index >= 15 is 0 Å². The van der Waals surface area contributed by atoms with Gasteiger partial charge in [0.25, 0.3) is 0 Å². The molecule has 0 bridgehead atoms. The summed E-state index contributed by atoms with van der Waals surface area (Å²) in [5.41, 5.74) is -0.192. The summed E-state index contributed by atoms with van der Waals surface area (Å²) in [6.07, 6.45) is -4.37. The lowest BCUT2D eigenvalue weighted by Crippen LogP contribution is -2.44. The first-order chi connectivity index (χ1) is 14.8. The van der Waals surface area contributed by atoms with Crippen molar-refractivity contribution in [2.24, 2.45) is 12.0 Å². The third-order valence-electron chi connectivity index (χ3n) is 5.09. The van der Waals surface area contributed by atoms with Gasteiger partial charge in [-0.3, -0.25) is 4.90 Å². The van der Waals surface area contributed by atoms with E-state index in [1.165, 1.54) is 6.07 Å². The number of nitrogens with one attached hydrogen (secondary N) is 2. The lowest BCUT2D eigenvalue weighted by molar-refractivity contribution is -0.137. The van der Waals surface area contributed by atoms with Gasteiger partial charge in [-0.15, -0.1) is 10.2 Å². The Kier molecular flexibility index (Phi) is 7.85. The maximum atomic E-state index is 13.0. The molecular formula is C20H28F3N7O. The predicted molar refractivity (Wildman–Crippen MR) is 110 cm³/mol. The first kappa shape index (κ1) is 23.0. The van der Waals surface area contributed by atoms with Crippen molar-refractivity contribution in [1.82, 2.24) is 30.3 Å². The van der Waals surface area contributed by atoms with Gasteiger partial charge in [0.15, 0.2) is 11.8 Å². The Bertz CT molecular complexity index is 876. The van der Waals surface area contributed by atoms with Crippen LogP contribution in [0, 0.1) is 6.92 Å². The summed E-state index contributed by atoms with van der Waals surface area (Å²) in [5.74, 6) is 2.03. The number of halogens is 3. The number of aromatic nitrogens is 3. The lowest BCUT2D eigenvalue weighted by Gasteiger charge is -2.26. The highest BCUT2D eigenvalue weighted by Crippen LogP contribution is 2.29. The number of guanidine groups is 1. The molecule has 0 atom stereocenters. The maximum Gasteiger partial charge on any atom is 0.416 e. The van der Waals surface area contributed by atoms with E-state index in [9.17, 15) is 13.2 Å². The van der Waals surface area contributed by atoms with Crippen LogP contribution in [-0.2, 0) is 31.1 Å². The van der Waals surface area contributed by atoms with Gasteiger partial charge in [0, 0.05) is 33.2 Å². The number of aryl methyl sites for hydroxylation is 1. The van der Waals surface area contributed by atoms with Crippen LogP contribution >= 0.6 is 0 Å². The standard InChI is InChI=1S/C20H28F3N7O/c1-15-27-28-18(29(15)2)14-26-19(24-6-7-30-8-10-31-11-9-30)25-13-16-4-3-5-17(12-16)20(21,22)23/h3-5,12H,6-11,13-14H2,1-2H3,(H2,24,25,26). The molecule has 170 valence electrons. The van der Waals surface area contributed by atoms with Gasteiger partial charge in [0.05, 0.1) is 31.9 Å². The monoisotopic (exact) mass is 439 g/mol. The van der Waals surface area contributed by atoms with Crippen LogP contribution in [0.1, 0.15) is 22.8 Å². The van der Waals surface area contributed by atoms with Crippen LogP contribution in [0.25, 0.3) is 0 Å². The van der Waals surface area contributed by atoms with E-state index in [-0.39, 0.29) is 6.54 Å². The Morgan fingerprint density at radius 1 is 1.19 bits per heavy atom. The van der Waals surface area contributed by atoms with E-state index in [1.807, 2.05) is 18.5 Å². The average molecular weight is 439 g/mol. The normalized spacial score (nSPS) is 15.8. The van der Waals surface area contributed by atoms with Crippen molar-refractivity contribution in [2.75, 3.05) is 39.4 Å². The molecule has 2 heterocycles. The number of morpholine rings is 1. The fourth-order valence-corrected chi connectivity index (χ4v) is 3.12. The minimum Gasteiger partial charge on any atom is -0.379 e. The minimum atomic E-state index is -4.37.